The number of piperidine rings is 1. The van der Waals surface area contributed by atoms with Gasteiger partial charge >= 0.3 is 0 Å². The van der Waals surface area contributed by atoms with Crippen LogP contribution in [0.1, 0.15) is 38.5 Å². The summed E-state index contributed by atoms with van der Waals surface area (Å²) < 4.78 is 5.32. The first-order valence-corrected chi connectivity index (χ1v) is 6.70. The van der Waals surface area contributed by atoms with E-state index in [9.17, 15) is 4.79 Å². The van der Waals surface area contributed by atoms with Crippen molar-refractivity contribution < 1.29 is 9.53 Å². The van der Waals surface area contributed by atoms with E-state index in [0.717, 1.165) is 38.8 Å². The summed E-state index contributed by atoms with van der Waals surface area (Å²) >= 11 is 0. The largest absolute Gasteiger partial charge is 0.381 e. The van der Waals surface area contributed by atoms with Crippen molar-refractivity contribution in [1.82, 2.24) is 4.90 Å². The van der Waals surface area contributed by atoms with Crippen molar-refractivity contribution in [1.29, 1.82) is 0 Å². The van der Waals surface area contributed by atoms with Gasteiger partial charge in [-0.05, 0) is 37.6 Å². The van der Waals surface area contributed by atoms with Gasteiger partial charge in [0.15, 0.2) is 0 Å². The van der Waals surface area contributed by atoms with Crippen molar-refractivity contribution in [3.05, 3.63) is 0 Å². The van der Waals surface area contributed by atoms with E-state index in [4.69, 9.17) is 10.5 Å². The molecule has 4 nitrogen and oxygen atoms in total. The Morgan fingerprint density at radius 3 is 2.47 bits per heavy atom. The maximum absolute atomic E-state index is 12.2. The smallest absolute Gasteiger partial charge is 0.223 e. The molecule has 0 spiro atoms. The maximum Gasteiger partial charge on any atom is 0.223 e. The number of ether oxygens (including phenoxy) is 1. The van der Waals surface area contributed by atoms with Crippen LogP contribution in [0.15, 0.2) is 0 Å². The number of carbonyl (C=O) groups excluding carboxylic acids is 1. The van der Waals surface area contributed by atoms with E-state index in [-0.39, 0.29) is 5.41 Å². The summed E-state index contributed by atoms with van der Waals surface area (Å²) in [6.45, 7) is 2.35. The minimum atomic E-state index is 0.134. The molecule has 2 aliphatic rings. The Hall–Kier alpha value is -0.610. The van der Waals surface area contributed by atoms with Gasteiger partial charge in [-0.3, -0.25) is 4.79 Å². The minimum absolute atomic E-state index is 0.134. The molecule has 1 aliphatic carbocycles. The van der Waals surface area contributed by atoms with E-state index in [2.05, 4.69) is 0 Å². The Balaban J connectivity index is 1.80. The lowest BCUT2D eigenvalue weighted by atomic mass is 9.66. The Morgan fingerprint density at radius 2 is 2.06 bits per heavy atom. The number of carbonyl (C=O) groups is 1. The highest BCUT2D eigenvalue weighted by atomic mass is 16.5. The molecule has 0 aromatic rings. The summed E-state index contributed by atoms with van der Waals surface area (Å²) in [5.41, 5.74) is 5.93. The van der Waals surface area contributed by atoms with Gasteiger partial charge in [0.1, 0.15) is 0 Å². The predicted molar refractivity (Wildman–Crippen MR) is 66.6 cm³/mol. The topological polar surface area (TPSA) is 55.6 Å². The lowest BCUT2D eigenvalue weighted by molar-refractivity contribution is -0.137. The Kier molecular flexibility index (Phi) is 4.05. The molecule has 98 valence electrons. The average molecular weight is 240 g/mol. The van der Waals surface area contributed by atoms with E-state index < -0.39 is 0 Å². The molecule has 1 aliphatic heterocycles. The Morgan fingerprint density at radius 1 is 1.41 bits per heavy atom. The van der Waals surface area contributed by atoms with Crippen LogP contribution in [0, 0.1) is 5.41 Å². The summed E-state index contributed by atoms with van der Waals surface area (Å²) in [4.78, 5) is 14.2. The van der Waals surface area contributed by atoms with Crippen molar-refractivity contribution in [2.45, 2.75) is 44.6 Å². The fourth-order valence-electron chi connectivity index (χ4n) is 2.90. The summed E-state index contributed by atoms with van der Waals surface area (Å²) in [5, 5.41) is 0. The molecule has 1 saturated carbocycles. The van der Waals surface area contributed by atoms with Crippen LogP contribution < -0.4 is 5.73 Å². The van der Waals surface area contributed by atoms with E-state index >= 15 is 0 Å². The lowest BCUT2D eigenvalue weighted by Gasteiger charge is -2.42. The van der Waals surface area contributed by atoms with E-state index in [1.807, 2.05) is 4.90 Å². The van der Waals surface area contributed by atoms with Crippen LogP contribution >= 0.6 is 0 Å². The van der Waals surface area contributed by atoms with Gasteiger partial charge in [-0.25, -0.2) is 0 Å². The first kappa shape index (κ1) is 12.8. The van der Waals surface area contributed by atoms with Gasteiger partial charge in [-0.15, -0.1) is 0 Å². The zero-order chi connectivity index (χ0) is 12.3. The molecule has 0 aromatic carbocycles. The van der Waals surface area contributed by atoms with Crippen LogP contribution in [0.25, 0.3) is 0 Å². The highest BCUT2D eigenvalue weighted by molar-refractivity contribution is 5.77. The maximum atomic E-state index is 12.2. The molecule has 0 aromatic heterocycles. The third-order valence-corrected chi connectivity index (χ3v) is 4.50. The minimum Gasteiger partial charge on any atom is -0.381 e. The fourth-order valence-corrected chi connectivity index (χ4v) is 2.90. The molecule has 2 N–H and O–H groups in total. The Labute approximate surface area is 103 Å². The van der Waals surface area contributed by atoms with Gasteiger partial charge < -0.3 is 15.4 Å². The molecule has 1 amide bonds. The molecular formula is C13H24N2O2. The zero-order valence-electron chi connectivity index (χ0n) is 10.8. The molecule has 0 atom stereocenters. The van der Waals surface area contributed by atoms with Gasteiger partial charge in [0.05, 0.1) is 6.10 Å². The summed E-state index contributed by atoms with van der Waals surface area (Å²) in [6, 6.07) is 0. The first-order chi connectivity index (χ1) is 8.19. The third kappa shape index (κ3) is 2.80. The van der Waals surface area contributed by atoms with Gasteiger partial charge in [0, 0.05) is 26.6 Å². The molecule has 0 bridgehead atoms. The second-order valence-electron chi connectivity index (χ2n) is 5.55. The van der Waals surface area contributed by atoms with E-state index in [1.54, 1.807) is 7.11 Å². The normalized spacial score (nSPS) is 24.5. The second-order valence-corrected chi connectivity index (χ2v) is 5.55. The van der Waals surface area contributed by atoms with Crippen molar-refractivity contribution in [3.8, 4) is 0 Å². The molecule has 0 radical (unpaired) electrons. The van der Waals surface area contributed by atoms with Gasteiger partial charge in [0.25, 0.3) is 0 Å². The number of methoxy groups -OCH3 is 1. The second kappa shape index (κ2) is 5.36. The molecule has 4 heteroatoms. The number of hydrogen-bond donors (Lipinski definition) is 1. The van der Waals surface area contributed by atoms with Crippen molar-refractivity contribution >= 4 is 5.91 Å². The lowest BCUT2D eigenvalue weighted by Crippen LogP contribution is -2.46. The first-order valence-electron chi connectivity index (χ1n) is 6.70. The molecule has 1 saturated heterocycles. The van der Waals surface area contributed by atoms with Crippen LogP contribution in [-0.4, -0.2) is 43.7 Å². The van der Waals surface area contributed by atoms with Gasteiger partial charge in [-0.1, -0.05) is 6.42 Å². The quantitative estimate of drug-likeness (QED) is 0.802. The van der Waals surface area contributed by atoms with E-state index in [0.29, 0.717) is 25.0 Å². The summed E-state index contributed by atoms with van der Waals surface area (Å²) in [6.07, 6.45) is 6.42. The third-order valence-electron chi connectivity index (χ3n) is 4.50. The number of hydrogen-bond acceptors (Lipinski definition) is 3. The van der Waals surface area contributed by atoms with Crippen LogP contribution in [0.2, 0.25) is 0 Å². The number of likely N-dealkylation sites (tertiary alicyclic amines) is 1. The molecule has 17 heavy (non-hydrogen) atoms. The highest BCUT2D eigenvalue weighted by Crippen LogP contribution is 2.43. The SMILES string of the molecule is COC1CCN(C(=O)CC2(CN)CCC2)CC1. The van der Waals surface area contributed by atoms with Crippen LogP contribution in [0.3, 0.4) is 0 Å². The number of rotatable bonds is 4. The standard InChI is InChI=1S/C13H24N2O2/c1-17-11-3-7-15(8-4-11)12(16)9-13(10-14)5-2-6-13/h11H,2-10,14H2,1H3. The number of amides is 1. The highest BCUT2D eigenvalue weighted by Gasteiger charge is 2.39. The molecule has 0 unspecified atom stereocenters. The van der Waals surface area contributed by atoms with Gasteiger partial charge in [-0.2, -0.15) is 0 Å². The van der Waals surface area contributed by atoms with Gasteiger partial charge in [0.2, 0.25) is 5.91 Å². The molecular weight excluding hydrogens is 216 g/mol. The molecule has 2 rings (SSSR count). The van der Waals surface area contributed by atoms with Crippen LogP contribution in [0.4, 0.5) is 0 Å². The number of nitrogens with zero attached hydrogens (tertiary/aromatic N) is 1. The average Bonchev–Trinajstić information content (AvgIpc) is 2.33. The summed E-state index contributed by atoms with van der Waals surface area (Å²) in [7, 11) is 1.75. The summed E-state index contributed by atoms with van der Waals surface area (Å²) in [5.74, 6) is 0.296. The van der Waals surface area contributed by atoms with Crippen molar-refractivity contribution in [3.63, 3.8) is 0 Å². The monoisotopic (exact) mass is 240 g/mol. The van der Waals surface area contributed by atoms with Crippen LogP contribution in [-0.2, 0) is 9.53 Å². The number of nitrogens with two attached hydrogens (primary N) is 1. The van der Waals surface area contributed by atoms with Crippen molar-refractivity contribution in [2.75, 3.05) is 26.7 Å². The fraction of sp³-hybridized carbons (Fsp3) is 0.923. The predicted octanol–water partition coefficient (Wildman–Crippen LogP) is 1.14. The van der Waals surface area contributed by atoms with E-state index in [1.165, 1.54) is 6.42 Å². The molecule has 2 fully saturated rings. The zero-order valence-corrected chi connectivity index (χ0v) is 10.8. The Bertz CT molecular complexity index is 263. The molecule has 1 heterocycles. The van der Waals surface area contributed by atoms with Crippen molar-refractivity contribution in [2.24, 2.45) is 11.1 Å². The van der Waals surface area contributed by atoms with Crippen LogP contribution in [0.5, 0.6) is 0 Å².